The van der Waals surface area contributed by atoms with Gasteiger partial charge >= 0.3 is 0 Å². The Kier molecular flexibility index (Phi) is 3.94. The van der Waals surface area contributed by atoms with E-state index in [4.69, 9.17) is 0 Å². The van der Waals surface area contributed by atoms with Gasteiger partial charge in [0.15, 0.2) is 0 Å². The maximum atomic E-state index is 3.90. The Morgan fingerprint density at radius 2 is 1.50 bits per heavy atom. The van der Waals surface area contributed by atoms with E-state index in [1.54, 1.807) is 0 Å². The minimum Gasteiger partial charge on any atom is -0.356 e. The highest BCUT2D eigenvalue weighted by Crippen LogP contribution is 2.07. The fourth-order valence-electron chi connectivity index (χ4n) is 2.05. The first-order chi connectivity index (χ1) is 7.24. The van der Waals surface area contributed by atoms with E-state index in [0.717, 1.165) is 0 Å². The molecular weight excluding hydrogens is 226 g/mol. The van der Waals surface area contributed by atoms with Crippen molar-refractivity contribution in [1.29, 1.82) is 0 Å². The van der Waals surface area contributed by atoms with Gasteiger partial charge in [-0.2, -0.15) is 0 Å². The van der Waals surface area contributed by atoms with Crippen molar-refractivity contribution in [3.63, 3.8) is 0 Å². The van der Waals surface area contributed by atoms with Crippen molar-refractivity contribution in [3.05, 3.63) is 36.4 Å². The summed E-state index contributed by atoms with van der Waals surface area (Å²) < 4.78 is 3.90. The SMILES string of the molecule is C=Cc1ccc([Si](C)(C)N[Si](C)(C)C)cc1. The first kappa shape index (κ1) is 13.4. The van der Waals surface area contributed by atoms with Crippen LogP contribution in [0.3, 0.4) is 0 Å². The predicted molar refractivity (Wildman–Crippen MR) is 80.1 cm³/mol. The zero-order chi connectivity index (χ0) is 12.4. The van der Waals surface area contributed by atoms with Gasteiger partial charge in [0.25, 0.3) is 0 Å². The molecule has 0 aliphatic carbocycles. The van der Waals surface area contributed by atoms with Gasteiger partial charge in [0.05, 0.1) is 0 Å². The molecule has 3 heteroatoms. The van der Waals surface area contributed by atoms with E-state index < -0.39 is 16.5 Å². The summed E-state index contributed by atoms with van der Waals surface area (Å²) in [6.45, 7) is 15.6. The molecule has 0 radical (unpaired) electrons. The highest BCUT2D eigenvalue weighted by atomic mass is 28.4. The zero-order valence-electron chi connectivity index (χ0n) is 11.1. The normalized spacial score (nSPS) is 12.6. The third-order valence-electron chi connectivity index (χ3n) is 2.56. The molecule has 1 aromatic carbocycles. The molecule has 1 aromatic rings. The average molecular weight is 250 g/mol. The van der Waals surface area contributed by atoms with Crippen LogP contribution < -0.4 is 9.83 Å². The van der Waals surface area contributed by atoms with Gasteiger partial charge in [0, 0.05) is 0 Å². The van der Waals surface area contributed by atoms with E-state index in [1.807, 2.05) is 6.08 Å². The Bertz CT molecular complexity index is 361. The number of hydrogen-bond acceptors (Lipinski definition) is 1. The van der Waals surface area contributed by atoms with Crippen LogP contribution in [-0.4, -0.2) is 16.5 Å². The molecule has 0 unspecified atom stereocenters. The summed E-state index contributed by atoms with van der Waals surface area (Å²) in [6.07, 6.45) is 1.89. The molecule has 1 nitrogen and oxygen atoms in total. The first-order valence-corrected chi connectivity index (χ1v) is 12.3. The molecule has 0 atom stereocenters. The summed E-state index contributed by atoms with van der Waals surface area (Å²) in [6, 6.07) is 8.80. The summed E-state index contributed by atoms with van der Waals surface area (Å²) in [5.41, 5.74) is 1.20. The topological polar surface area (TPSA) is 12.0 Å². The van der Waals surface area contributed by atoms with Crippen molar-refractivity contribution in [2.75, 3.05) is 0 Å². The molecule has 1 rings (SSSR count). The van der Waals surface area contributed by atoms with Gasteiger partial charge in [-0.3, -0.25) is 0 Å². The molecule has 0 aromatic heterocycles. The fourth-order valence-corrected chi connectivity index (χ4v) is 11.1. The van der Waals surface area contributed by atoms with Crippen LogP contribution in [0, 0.1) is 0 Å². The minimum atomic E-state index is -1.47. The van der Waals surface area contributed by atoms with Crippen LogP contribution in [0.2, 0.25) is 32.7 Å². The summed E-state index contributed by atoms with van der Waals surface area (Å²) in [4.78, 5) is 0. The van der Waals surface area contributed by atoms with Crippen LogP contribution in [0.25, 0.3) is 6.08 Å². The molecule has 0 fully saturated rings. The lowest BCUT2D eigenvalue weighted by atomic mass is 10.2. The third-order valence-corrected chi connectivity index (χ3v) is 9.83. The highest BCUT2D eigenvalue weighted by Gasteiger charge is 2.29. The quantitative estimate of drug-likeness (QED) is 0.808. The maximum absolute atomic E-state index is 3.90. The van der Waals surface area contributed by atoms with E-state index in [2.05, 4.69) is 68.2 Å². The van der Waals surface area contributed by atoms with E-state index >= 15 is 0 Å². The van der Waals surface area contributed by atoms with Gasteiger partial charge in [-0.1, -0.05) is 69.7 Å². The summed E-state index contributed by atoms with van der Waals surface area (Å²) in [7, 11) is -2.68. The van der Waals surface area contributed by atoms with E-state index in [-0.39, 0.29) is 0 Å². The number of hydrogen-bond donors (Lipinski definition) is 1. The highest BCUT2D eigenvalue weighted by molar-refractivity contribution is 6.97. The second-order valence-corrected chi connectivity index (χ2v) is 15.2. The van der Waals surface area contributed by atoms with Crippen molar-refractivity contribution >= 4 is 27.7 Å². The standard InChI is InChI=1S/C13H23NSi2/c1-7-12-8-10-13(11-9-12)16(5,6)14-15(2,3)4/h7-11,14H,1H2,2-6H3. The van der Waals surface area contributed by atoms with Crippen LogP contribution in [-0.2, 0) is 0 Å². The second kappa shape index (κ2) is 4.69. The van der Waals surface area contributed by atoms with Crippen LogP contribution in [0.1, 0.15) is 5.56 Å². The molecule has 0 spiro atoms. The fraction of sp³-hybridized carbons (Fsp3) is 0.385. The van der Waals surface area contributed by atoms with E-state index in [0.29, 0.717) is 0 Å². The smallest absolute Gasteiger partial charge is 0.145 e. The van der Waals surface area contributed by atoms with Gasteiger partial charge in [-0.25, -0.2) is 0 Å². The summed E-state index contributed by atoms with van der Waals surface area (Å²) in [5.74, 6) is 0. The van der Waals surface area contributed by atoms with Crippen molar-refractivity contribution < 1.29 is 0 Å². The number of nitrogens with one attached hydrogen (secondary N) is 1. The van der Waals surface area contributed by atoms with Gasteiger partial charge < -0.3 is 4.65 Å². The van der Waals surface area contributed by atoms with Crippen LogP contribution >= 0.6 is 0 Å². The van der Waals surface area contributed by atoms with Crippen LogP contribution in [0.4, 0.5) is 0 Å². The third kappa shape index (κ3) is 3.74. The molecule has 1 N–H and O–H groups in total. The maximum Gasteiger partial charge on any atom is 0.145 e. The lowest BCUT2D eigenvalue weighted by Crippen LogP contribution is -2.63. The average Bonchev–Trinajstić information content (AvgIpc) is 2.14. The van der Waals surface area contributed by atoms with Gasteiger partial charge in [-0.15, -0.1) is 0 Å². The molecule has 88 valence electrons. The number of rotatable bonds is 4. The van der Waals surface area contributed by atoms with Crippen molar-refractivity contribution in [2.24, 2.45) is 0 Å². The molecule has 0 amide bonds. The lowest BCUT2D eigenvalue weighted by Gasteiger charge is -2.32. The summed E-state index contributed by atoms with van der Waals surface area (Å²) >= 11 is 0. The Balaban J connectivity index is 2.93. The Labute approximate surface area is 102 Å². The number of benzene rings is 1. The van der Waals surface area contributed by atoms with Crippen LogP contribution in [0.15, 0.2) is 30.8 Å². The molecule has 16 heavy (non-hydrogen) atoms. The monoisotopic (exact) mass is 249 g/mol. The molecule has 0 heterocycles. The molecule has 0 saturated carbocycles. The molecule has 0 aliphatic rings. The Hall–Kier alpha value is -0.646. The van der Waals surface area contributed by atoms with Gasteiger partial charge in [0.2, 0.25) is 0 Å². The lowest BCUT2D eigenvalue weighted by molar-refractivity contribution is 1.32. The molecule has 0 aliphatic heterocycles. The predicted octanol–water partition coefficient (Wildman–Crippen LogP) is 3.17. The van der Waals surface area contributed by atoms with Gasteiger partial charge in [0.1, 0.15) is 16.5 Å². The van der Waals surface area contributed by atoms with Crippen LogP contribution in [0.5, 0.6) is 0 Å². The van der Waals surface area contributed by atoms with Crippen molar-refractivity contribution in [3.8, 4) is 0 Å². The Morgan fingerprint density at radius 1 is 1.00 bits per heavy atom. The first-order valence-electron chi connectivity index (χ1n) is 5.77. The van der Waals surface area contributed by atoms with Crippen molar-refractivity contribution in [1.82, 2.24) is 4.65 Å². The zero-order valence-corrected chi connectivity index (χ0v) is 13.1. The molecule has 0 bridgehead atoms. The Morgan fingerprint density at radius 3 is 1.88 bits per heavy atom. The van der Waals surface area contributed by atoms with E-state index in [9.17, 15) is 0 Å². The van der Waals surface area contributed by atoms with E-state index in [1.165, 1.54) is 10.8 Å². The minimum absolute atomic E-state index is 1.20. The molecular formula is C13H23NSi2. The second-order valence-electron chi connectivity index (χ2n) is 5.83. The summed E-state index contributed by atoms with van der Waals surface area (Å²) in [5, 5.41) is 1.47. The molecule has 0 saturated heterocycles. The largest absolute Gasteiger partial charge is 0.356 e. The van der Waals surface area contributed by atoms with Crippen molar-refractivity contribution in [2.45, 2.75) is 32.7 Å². The van der Waals surface area contributed by atoms with Gasteiger partial charge in [-0.05, 0) is 10.8 Å².